The van der Waals surface area contributed by atoms with E-state index in [1.54, 1.807) is 6.07 Å². The standard InChI is InChI=1S/C23H25FN2O3/c24-15-6-8-21-18(11-15)20(13-23(29-21)9-2-10-23)26-22(28)25-19-4-1-3-14-5-7-16(27)12-17(14)19/h1,3-4,6,8,11,16,20,27H,2,5,7,9-10,12-13H2,(H2,25,26,28)/t16-,20-/m1/s1. The highest BCUT2D eigenvalue weighted by Gasteiger charge is 2.46. The SMILES string of the molecule is O=C(Nc1cccc2c1C[C@H](O)CC2)N[C@@H]1CC2(CCC2)Oc2ccc(F)cc21. The predicted molar refractivity (Wildman–Crippen MR) is 108 cm³/mol. The Balaban J connectivity index is 1.37. The van der Waals surface area contributed by atoms with Crippen LogP contribution in [0.2, 0.25) is 0 Å². The third-order valence-electron chi connectivity index (χ3n) is 6.53. The molecule has 0 aromatic heterocycles. The maximum atomic E-state index is 13.9. The number of ether oxygens (including phenoxy) is 1. The maximum Gasteiger partial charge on any atom is 0.319 e. The second kappa shape index (κ2) is 7.02. The van der Waals surface area contributed by atoms with E-state index in [2.05, 4.69) is 10.6 Å². The number of aliphatic hydroxyl groups excluding tert-OH is 1. The Bertz CT molecular complexity index is 957. The van der Waals surface area contributed by atoms with Crippen LogP contribution in [-0.4, -0.2) is 22.8 Å². The summed E-state index contributed by atoms with van der Waals surface area (Å²) in [5.41, 5.74) is 3.32. The van der Waals surface area contributed by atoms with Crippen molar-refractivity contribution < 1.29 is 19.0 Å². The molecule has 2 atom stereocenters. The molecule has 29 heavy (non-hydrogen) atoms. The number of urea groups is 1. The Kier molecular flexibility index (Phi) is 4.46. The summed E-state index contributed by atoms with van der Waals surface area (Å²) in [5, 5.41) is 16.0. The second-order valence-electron chi connectivity index (χ2n) is 8.52. The van der Waals surface area contributed by atoms with Crippen LogP contribution in [0.25, 0.3) is 0 Å². The van der Waals surface area contributed by atoms with Crippen LogP contribution in [0.1, 0.15) is 54.8 Å². The minimum Gasteiger partial charge on any atom is -0.487 e. The molecule has 2 amide bonds. The van der Waals surface area contributed by atoms with Gasteiger partial charge in [-0.15, -0.1) is 0 Å². The topological polar surface area (TPSA) is 70.6 Å². The van der Waals surface area contributed by atoms with Crippen LogP contribution >= 0.6 is 0 Å². The number of nitrogens with one attached hydrogen (secondary N) is 2. The zero-order chi connectivity index (χ0) is 20.0. The van der Waals surface area contributed by atoms with Gasteiger partial charge in [-0.1, -0.05) is 12.1 Å². The van der Waals surface area contributed by atoms with Crippen molar-refractivity contribution in [2.75, 3.05) is 5.32 Å². The van der Waals surface area contributed by atoms with Gasteiger partial charge in [0.05, 0.1) is 12.1 Å². The van der Waals surface area contributed by atoms with E-state index in [-0.39, 0.29) is 29.6 Å². The summed E-state index contributed by atoms with van der Waals surface area (Å²) in [5.74, 6) is 0.318. The molecule has 6 heteroatoms. The molecule has 3 N–H and O–H groups in total. The van der Waals surface area contributed by atoms with Crippen molar-refractivity contribution in [3.05, 3.63) is 58.9 Å². The summed E-state index contributed by atoms with van der Waals surface area (Å²) in [7, 11) is 0. The first kappa shape index (κ1) is 18.4. The van der Waals surface area contributed by atoms with E-state index < -0.39 is 0 Å². The van der Waals surface area contributed by atoms with Crippen molar-refractivity contribution in [2.24, 2.45) is 0 Å². The number of hydrogen-bond donors (Lipinski definition) is 3. The molecule has 0 unspecified atom stereocenters. The lowest BCUT2D eigenvalue weighted by atomic mass is 9.73. The highest BCUT2D eigenvalue weighted by Crippen LogP contribution is 2.49. The molecule has 5 rings (SSSR count). The Labute approximate surface area is 169 Å². The van der Waals surface area contributed by atoms with Gasteiger partial charge in [-0.25, -0.2) is 9.18 Å². The highest BCUT2D eigenvalue weighted by atomic mass is 19.1. The number of amides is 2. The van der Waals surface area contributed by atoms with Gasteiger partial charge in [0.25, 0.3) is 0 Å². The highest BCUT2D eigenvalue weighted by molar-refractivity contribution is 5.90. The molecule has 2 aromatic rings. The van der Waals surface area contributed by atoms with Gasteiger partial charge in [-0.3, -0.25) is 0 Å². The minimum absolute atomic E-state index is 0.251. The van der Waals surface area contributed by atoms with E-state index in [0.717, 1.165) is 43.4 Å². The molecule has 1 aliphatic heterocycles. The molecule has 1 heterocycles. The summed E-state index contributed by atoms with van der Waals surface area (Å²) in [6.07, 6.45) is 5.37. The van der Waals surface area contributed by atoms with Crippen molar-refractivity contribution in [3.63, 3.8) is 0 Å². The molecule has 1 fully saturated rings. The third-order valence-corrected chi connectivity index (χ3v) is 6.53. The van der Waals surface area contributed by atoms with Crippen LogP contribution in [0.15, 0.2) is 36.4 Å². The average Bonchev–Trinajstić information content (AvgIpc) is 2.67. The largest absolute Gasteiger partial charge is 0.487 e. The van der Waals surface area contributed by atoms with Crippen molar-refractivity contribution >= 4 is 11.7 Å². The number of halogens is 1. The van der Waals surface area contributed by atoms with Gasteiger partial charge in [-0.2, -0.15) is 0 Å². The molecule has 152 valence electrons. The van der Waals surface area contributed by atoms with E-state index in [0.29, 0.717) is 24.2 Å². The fourth-order valence-electron chi connectivity index (χ4n) is 4.85. The zero-order valence-electron chi connectivity index (χ0n) is 16.2. The van der Waals surface area contributed by atoms with Crippen LogP contribution < -0.4 is 15.4 Å². The van der Waals surface area contributed by atoms with Crippen LogP contribution in [0.3, 0.4) is 0 Å². The average molecular weight is 396 g/mol. The number of fused-ring (bicyclic) bond motifs is 2. The molecular formula is C23H25FN2O3. The van der Waals surface area contributed by atoms with E-state index >= 15 is 0 Å². The van der Waals surface area contributed by atoms with E-state index in [9.17, 15) is 14.3 Å². The van der Waals surface area contributed by atoms with Gasteiger partial charge in [0.2, 0.25) is 0 Å². The summed E-state index contributed by atoms with van der Waals surface area (Å²) >= 11 is 0. The molecule has 2 aromatic carbocycles. The second-order valence-corrected chi connectivity index (χ2v) is 8.52. The normalized spacial score (nSPS) is 23.9. The van der Waals surface area contributed by atoms with Gasteiger partial charge in [-0.05, 0) is 67.5 Å². The fourth-order valence-corrected chi connectivity index (χ4v) is 4.85. The Morgan fingerprint density at radius 3 is 2.90 bits per heavy atom. The fraction of sp³-hybridized carbons (Fsp3) is 0.435. The van der Waals surface area contributed by atoms with Crippen LogP contribution in [0, 0.1) is 5.82 Å². The van der Waals surface area contributed by atoms with Crippen molar-refractivity contribution in [2.45, 2.75) is 62.7 Å². The molecule has 1 saturated carbocycles. The van der Waals surface area contributed by atoms with Crippen molar-refractivity contribution in [1.82, 2.24) is 5.32 Å². The number of aliphatic hydroxyl groups is 1. The Morgan fingerprint density at radius 1 is 1.24 bits per heavy atom. The van der Waals surface area contributed by atoms with E-state index in [4.69, 9.17) is 4.74 Å². The summed E-state index contributed by atoms with van der Waals surface area (Å²) in [6.45, 7) is 0. The van der Waals surface area contributed by atoms with Crippen LogP contribution in [0.5, 0.6) is 5.75 Å². The molecular weight excluding hydrogens is 371 g/mol. The van der Waals surface area contributed by atoms with Gasteiger partial charge in [0.1, 0.15) is 17.2 Å². The molecule has 0 bridgehead atoms. The molecule has 0 saturated heterocycles. The number of rotatable bonds is 2. The first-order valence-corrected chi connectivity index (χ1v) is 10.4. The molecule has 3 aliphatic rings. The lowest BCUT2D eigenvalue weighted by molar-refractivity contribution is -0.0355. The molecule has 1 spiro atoms. The quantitative estimate of drug-likeness (QED) is 0.711. The third kappa shape index (κ3) is 3.46. The number of hydrogen-bond acceptors (Lipinski definition) is 3. The first-order valence-electron chi connectivity index (χ1n) is 10.4. The smallest absolute Gasteiger partial charge is 0.319 e. The lowest BCUT2D eigenvalue weighted by Gasteiger charge is -2.48. The zero-order valence-corrected chi connectivity index (χ0v) is 16.2. The monoisotopic (exact) mass is 396 g/mol. The summed E-state index contributed by atoms with van der Waals surface area (Å²) < 4.78 is 20.0. The summed E-state index contributed by atoms with van der Waals surface area (Å²) in [4.78, 5) is 12.8. The minimum atomic E-state index is -0.377. The summed E-state index contributed by atoms with van der Waals surface area (Å²) in [6, 6.07) is 9.71. The number of carbonyl (C=O) groups excluding carboxylic acids is 1. The number of carbonyl (C=O) groups is 1. The molecule has 2 aliphatic carbocycles. The molecule has 5 nitrogen and oxygen atoms in total. The van der Waals surface area contributed by atoms with Gasteiger partial charge in [0.15, 0.2) is 0 Å². The lowest BCUT2D eigenvalue weighted by Crippen LogP contribution is -2.50. The van der Waals surface area contributed by atoms with Gasteiger partial charge < -0.3 is 20.5 Å². The van der Waals surface area contributed by atoms with Crippen molar-refractivity contribution in [1.29, 1.82) is 0 Å². The van der Waals surface area contributed by atoms with E-state index in [1.165, 1.54) is 17.7 Å². The van der Waals surface area contributed by atoms with Crippen LogP contribution in [0.4, 0.5) is 14.9 Å². The van der Waals surface area contributed by atoms with Gasteiger partial charge >= 0.3 is 6.03 Å². The predicted octanol–water partition coefficient (Wildman–Crippen LogP) is 4.24. The van der Waals surface area contributed by atoms with Crippen LogP contribution in [-0.2, 0) is 12.8 Å². The van der Waals surface area contributed by atoms with Gasteiger partial charge in [0, 0.05) is 24.1 Å². The number of aryl methyl sites for hydroxylation is 1. The van der Waals surface area contributed by atoms with E-state index in [1.807, 2.05) is 18.2 Å². The maximum absolute atomic E-state index is 13.9. The first-order chi connectivity index (χ1) is 14.0. The number of anilines is 1. The van der Waals surface area contributed by atoms with Crippen molar-refractivity contribution in [3.8, 4) is 5.75 Å². The Morgan fingerprint density at radius 2 is 2.10 bits per heavy atom. The molecule has 0 radical (unpaired) electrons. The Hall–Kier alpha value is -2.60. The number of benzene rings is 2.